The van der Waals surface area contributed by atoms with E-state index in [9.17, 15) is 4.79 Å². The molecule has 0 N–H and O–H groups in total. The van der Waals surface area contributed by atoms with Crippen LogP contribution in [0.25, 0.3) is 0 Å². The minimum absolute atomic E-state index is 0.363. The van der Waals surface area contributed by atoms with E-state index in [1.165, 1.54) is 19.3 Å². The number of hydrogen-bond donors (Lipinski definition) is 0. The highest BCUT2D eigenvalue weighted by molar-refractivity contribution is 5.82. The van der Waals surface area contributed by atoms with Gasteiger partial charge in [-0.15, -0.1) is 0 Å². The summed E-state index contributed by atoms with van der Waals surface area (Å²) in [6.07, 6.45) is 5.82. The van der Waals surface area contributed by atoms with Crippen LogP contribution in [0.15, 0.2) is 0 Å². The van der Waals surface area contributed by atoms with Crippen molar-refractivity contribution in [2.45, 2.75) is 46.0 Å². The molecule has 0 bridgehead atoms. The highest BCUT2D eigenvalue weighted by Crippen LogP contribution is 2.31. The first-order chi connectivity index (χ1) is 5.25. The van der Waals surface area contributed by atoms with Crippen molar-refractivity contribution in [1.82, 2.24) is 0 Å². The molecule has 0 radical (unpaired) electrons. The minimum Gasteiger partial charge on any atom is -0.299 e. The van der Waals surface area contributed by atoms with Crippen molar-refractivity contribution in [3.8, 4) is 0 Å². The maximum Gasteiger partial charge on any atom is 0.135 e. The summed E-state index contributed by atoms with van der Waals surface area (Å²) >= 11 is 0. The average Bonchev–Trinajstić information content (AvgIpc) is 2.31. The van der Waals surface area contributed by atoms with E-state index < -0.39 is 0 Å². The van der Waals surface area contributed by atoms with Gasteiger partial charge in [0.15, 0.2) is 0 Å². The van der Waals surface area contributed by atoms with E-state index in [2.05, 4.69) is 13.8 Å². The summed E-state index contributed by atoms with van der Waals surface area (Å²) in [5, 5.41) is 0. The molecule has 1 nitrogen and oxygen atoms in total. The van der Waals surface area contributed by atoms with Crippen molar-refractivity contribution < 1.29 is 4.79 Å². The van der Waals surface area contributed by atoms with E-state index in [-0.39, 0.29) is 0 Å². The lowest BCUT2D eigenvalue weighted by Crippen LogP contribution is -2.09. The summed E-state index contributed by atoms with van der Waals surface area (Å²) in [6.45, 7) is 4.30. The van der Waals surface area contributed by atoms with Crippen LogP contribution in [0.2, 0.25) is 0 Å². The van der Waals surface area contributed by atoms with Crippen LogP contribution in [0.5, 0.6) is 0 Å². The minimum atomic E-state index is 0.363. The molecular weight excluding hydrogens is 136 g/mol. The molecule has 64 valence electrons. The van der Waals surface area contributed by atoms with Crippen molar-refractivity contribution in [3.63, 3.8) is 0 Å². The van der Waals surface area contributed by atoms with Gasteiger partial charge in [0.25, 0.3) is 0 Å². The molecule has 0 spiro atoms. The Hall–Kier alpha value is -0.330. The van der Waals surface area contributed by atoms with Gasteiger partial charge in [-0.25, -0.2) is 0 Å². The Morgan fingerprint density at radius 1 is 1.55 bits per heavy atom. The van der Waals surface area contributed by atoms with E-state index in [0.717, 1.165) is 12.8 Å². The molecule has 0 unspecified atom stereocenters. The fourth-order valence-corrected chi connectivity index (χ4v) is 1.93. The number of unbranched alkanes of at least 4 members (excludes halogenated alkanes) is 1. The molecule has 0 aliphatic heterocycles. The van der Waals surface area contributed by atoms with E-state index >= 15 is 0 Å². The Kier molecular flexibility index (Phi) is 3.10. The van der Waals surface area contributed by atoms with Gasteiger partial charge in [0.05, 0.1) is 0 Å². The second-order valence-corrected chi connectivity index (χ2v) is 3.70. The van der Waals surface area contributed by atoms with Crippen LogP contribution >= 0.6 is 0 Å². The van der Waals surface area contributed by atoms with Gasteiger partial charge in [-0.2, -0.15) is 0 Å². The first-order valence-electron chi connectivity index (χ1n) is 4.78. The third-order valence-corrected chi connectivity index (χ3v) is 2.90. The lowest BCUT2D eigenvalue weighted by atomic mass is 9.92. The van der Waals surface area contributed by atoms with Gasteiger partial charge < -0.3 is 0 Å². The predicted molar refractivity (Wildman–Crippen MR) is 46.4 cm³/mol. The third-order valence-electron chi connectivity index (χ3n) is 2.90. The van der Waals surface area contributed by atoms with Gasteiger partial charge in [-0.1, -0.05) is 26.7 Å². The summed E-state index contributed by atoms with van der Waals surface area (Å²) in [6, 6.07) is 0. The molecule has 0 aromatic heterocycles. The van der Waals surface area contributed by atoms with Gasteiger partial charge in [0, 0.05) is 12.3 Å². The predicted octanol–water partition coefficient (Wildman–Crippen LogP) is 2.79. The smallest absolute Gasteiger partial charge is 0.135 e. The summed E-state index contributed by atoms with van der Waals surface area (Å²) in [5.41, 5.74) is 0. The van der Waals surface area contributed by atoms with Crippen molar-refractivity contribution in [1.29, 1.82) is 0 Å². The van der Waals surface area contributed by atoms with Gasteiger partial charge in [-0.3, -0.25) is 4.79 Å². The molecule has 1 rings (SSSR count). The molecule has 1 heteroatoms. The normalized spacial score (nSPS) is 31.3. The van der Waals surface area contributed by atoms with Gasteiger partial charge in [0.1, 0.15) is 5.78 Å². The Bertz CT molecular complexity index is 140. The largest absolute Gasteiger partial charge is 0.299 e. The Labute approximate surface area is 69.2 Å². The summed E-state index contributed by atoms with van der Waals surface area (Å²) < 4.78 is 0. The van der Waals surface area contributed by atoms with E-state index in [0.29, 0.717) is 17.6 Å². The number of hydrogen-bond acceptors (Lipinski definition) is 1. The summed E-state index contributed by atoms with van der Waals surface area (Å²) in [7, 11) is 0. The number of ketones is 1. The zero-order valence-corrected chi connectivity index (χ0v) is 7.60. The molecule has 1 aliphatic rings. The van der Waals surface area contributed by atoms with Crippen LogP contribution in [-0.2, 0) is 4.79 Å². The van der Waals surface area contributed by atoms with Crippen molar-refractivity contribution in [2.75, 3.05) is 0 Å². The molecule has 0 aromatic carbocycles. The van der Waals surface area contributed by atoms with Crippen molar-refractivity contribution in [2.24, 2.45) is 11.8 Å². The number of rotatable bonds is 3. The number of Topliss-reactive ketones (excluding diaryl/α,β-unsaturated/α-hetero) is 1. The molecular formula is C10H18O. The lowest BCUT2D eigenvalue weighted by Gasteiger charge is -2.12. The molecule has 11 heavy (non-hydrogen) atoms. The SMILES string of the molecule is CCCC[C@@H]1CCC(=O)[C@H]1C. The quantitative estimate of drug-likeness (QED) is 0.611. The van der Waals surface area contributed by atoms with Crippen LogP contribution < -0.4 is 0 Å². The highest BCUT2D eigenvalue weighted by atomic mass is 16.1. The second kappa shape index (κ2) is 3.89. The Balaban J connectivity index is 2.30. The van der Waals surface area contributed by atoms with Crippen LogP contribution in [0.4, 0.5) is 0 Å². The van der Waals surface area contributed by atoms with Crippen LogP contribution in [-0.4, -0.2) is 5.78 Å². The Morgan fingerprint density at radius 2 is 2.27 bits per heavy atom. The van der Waals surface area contributed by atoms with Gasteiger partial charge in [-0.05, 0) is 18.8 Å². The summed E-state index contributed by atoms with van der Waals surface area (Å²) in [5.74, 6) is 1.56. The molecule has 1 aliphatic carbocycles. The van der Waals surface area contributed by atoms with E-state index in [1.54, 1.807) is 0 Å². The Morgan fingerprint density at radius 3 is 2.73 bits per heavy atom. The third kappa shape index (κ3) is 2.05. The maximum atomic E-state index is 11.1. The van der Waals surface area contributed by atoms with Gasteiger partial charge in [0.2, 0.25) is 0 Å². The molecule has 0 amide bonds. The zero-order valence-electron chi connectivity index (χ0n) is 7.60. The average molecular weight is 154 g/mol. The van der Waals surface area contributed by atoms with Crippen molar-refractivity contribution in [3.05, 3.63) is 0 Å². The fraction of sp³-hybridized carbons (Fsp3) is 0.900. The molecule has 0 saturated heterocycles. The number of carbonyl (C=O) groups excluding carboxylic acids is 1. The monoisotopic (exact) mass is 154 g/mol. The first-order valence-corrected chi connectivity index (χ1v) is 4.78. The molecule has 1 saturated carbocycles. The summed E-state index contributed by atoms with van der Waals surface area (Å²) in [4.78, 5) is 11.1. The molecule has 0 heterocycles. The van der Waals surface area contributed by atoms with Crippen LogP contribution in [0, 0.1) is 11.8 Å². The molecule has 2 atom stereocenters. The molecule has 0 aromatic rings. The fourth-order valence-electron chi connectivity index (χ4n) is 1.93. The topological polar surface area (TPSA) is 17.1 Å². The van der Waals surface area contributed by atoms with Gasteiger partial charge >= 0.3 is 0 Å². The van der Waals surface area contributed by atoms with Crippen LogP contribution in [0.1, 0.15) is 46.0 Å². The van der Waals surface area contributed by atoms with E-state index in [4.69, 9.17) is 0 Å². The second-order valence-electron chi connectivity index (χ2n) is 3.70. The van der Waals surface area contributed by atoms with Crippen molar-refractivity contribution >= 4 is 5.78 Å². The zero-order chi connectivity index (χ0) is 8.27. The first kappa shape index (κ1) is 8.76. The maximum absolute atomic E-state index is 11.1. The molecule has 1 fully saturated rings. The van der Waals surface area contributed by atoms with E-state index in [1.807, 2.05) is 0 Å². The van der Waals surface area contributed by atoms with Crippen LogP contribution in [0.3, 0.4) is 0 Å². The standard InChI is InChI=1S/C10H18O/c1-3-4-5-9-6-7-10(11)8(9)2/h8-9H,3-7H2,1-2H3/t8-,9+/m0/s1. The number of carbonyl (C=O) groups is 1. The lowest BCUT2D eigenvalue weighted by molar-refractivity contribution is -0.120. The highest BCUT2D eigenvalue weighted by Gasteiger charge is 2.29.